The van der Waals surface area contributed by atoms with Gasteiger partial charge in [-0.05, 0) is 30.7 Å². The molecular weight excluding hydrogens is 278 g/mol. The fourth-order valence-electron chi connectivity index (χ4n) is 1.82. The van der Waals surface area contributed by atoms with Gasteiger partial charge in [-0.15, -0.1) is 0 Å². The van der Waals surface area contributed by atoms with Gasteiger partial charge in [0.2, 0.25) is 0 Å². The summed E-state index contributed by atoms with van der Waals surface area (Å²) < 4.78 is 26.9. The number of aryl methyl sites for hydroxylation is 1. The minimum atomic E-state index is -3.81. The quantitative estimate of drug-likeness (QED) is 0.906. The maximum atomic E-state index is 12.3. The molecule has 0 fully saturated rings. The molecule has 0 aliphatic rings. The largest absolute Gasteiger partial charge is 0.478 e. The van der Waals surface area contributed by atoms with E-state index in [0.29, 0.717) is 5.56 Å². The van der Waals surface area contributed by atoms with E-state index in [1.807, 2.05) is 0 Å². The minimum Gasteiger partial charge on any atom is -0.478 e. The molecule has 0 atom stereocenters. The average Bonchev–Trinajstić information content (AvgIpc) is 2.39. The number of benzene rings is 2. The van der Waals surface area contributed by atoms with Gasteiger partial charge in [-0.1, -0.05) is 30.3 Å². The molecule has 0 aromatic heterocycles. The first kappa shape index (κ1) is 14.1. The van der Waals surface area contributed by atoms with Gasteiger partial charge in [0.05, 0.1) is 16.1 Å². The number of carboxylic acid groups (broad SMARTS) is 1. The highest BCUT2D eigenvalue weighted by Gasteiger charge is 2.19. The van der Waals surface area contributed by atoms with Crippen LogP contribution in [0.15, 0.2) is 53.4 Å². The Morgan fingerprint density at radius 1 is 1.05 bits per heavy atom. The second-order valence-corrected chi connectivity index (χ2v) is 5.87. The Balaban J connectivity index is 2.45. The van der Waals surface area contributed by atoms with Crippen molar-refractivity contribution in [1.29, 1.82) is 0 Å². The highest BCUT2D eigenvalue weighted by molar-refractivity contribution is 7.92. The number of para-hydroxylation sites is 1. The van der Waals surface area contributed by atoms with Gasteiger partial charge in [0.25, 0.3) is 10.0 Å². The Morgan fingerprint density at radius 2 is 1.65 bits per heavy atom. The summed E-state index contributed by atoms with van der Waals surface area (Å²) in [6.45, 7) is 1.68. The highest BCUT2D eigenvalue weighted by atomic mass is 32.2. The molecule has 0 heterocycles. The highest BCUT2D eigenvalue weighted by Crippen LogP contribution is 2.21. The molecule has 0 saturated heterocycles. The number of carbonyl (C=O) groups is 1. The fourth-order valence-corrected chi connectivity index (χ4v) is 3.14. The van der Waals surface area contributed by atoms with E-state index in [0.717, 1.165) is 0 Å². The van der Waals surface area contributed by atoms with Crippen LogP contribution in [-0.4, -0.2) is 19.5 Å². The molecule has 0 bridgehead atoms. The Labute approximate surface area is 116 Å². The third-order valence-electron chi connectivity index (χ3n) is 2.78. The molecule has 0 radical (unpaired) electrons. The van der Waals surface area contributed by atoms with Crippen molar-refractivity contribution >= 4 is 21.7 Å². The molecule has 0 aliphatic carbocycles. The maximum absolute atomic E-state index is 12.3. The molecule has 0 spiro atoms. The van der Waals surface area contributed by atoms with Gasteiger partial charge in [-0.25, -0.2) is 13.2 Å². The van der Waals surface area contributed by atoms with Gasteiger partial charge in [0.1, 0.15) is 0 Å². The summed E-state index contributed by atoms with van der Waals surface area (Å²) in [4.78, 5) is 11.2. The molecule has 2 aromatic carbocycles. The third-order valence-corrected chi connectivity index (χ3v) is 4.31. The van der Waals surface area contributed by atoms with Gasteiger partial charge < -0.3 is 5.11 Å². The lowest BCUT2D eigenvalue weighted by molar-refractivity contribution is 0.0698. The van der Waals surface area contributed by atoms with Crippen molar-refractivity contribution < 1.29 is 18.3 Å². The number of anilines is 1. The van der Waals surface area contributed by atoms with E-state index >= 15 is 0 Å². The molecule has 20 heavy (non-hydrogen) atoms. The average molecular weight is 291 g/mol. The van der Waals surface area contributed by atoms with Crippen molar-refractivity contribution in [3.63, 3.8) is 0 Å². The maximum Gasteiger partial charge on any atom is 0.337 e. The van der Waals surface area contributed by atoms with Crippen LogP contribution >= 0.6 is 0 Å². The van der Waals surface area contributed by atoms with Crippen LogP contribution in [0.3, 0.4) is 0 Å². The molecule has 2 N–H and O–H groups in total. The van der Waals surface area contributed by atoms with Crippen molar-refractivity contribution in [2.45, 2.75) is 11.8 Å². The van der Waals surface area contributed by atoms with Gasteiger partial charge in [0.15, 0.2) is 0 Å². The van der Waals surface area contributed by atoms with Crippen molar-refractivity contribution in [2.75, 3.05) is 4.72 Å². The van der Waals surface area contributed by atoms with Gasteiger partial charge in [-0.2, -0.15) is 0 Å². The van der Waals surface area contributed by atoms with E-state index < -0.39 is 16.0 Å². The van der Waals surface area contributed by atoms with Crippen LogP contribution in [0.2, 0.25) is 0 Å². The predicted molar refractivity (Wildman–Crippen MR) is 75.4 cm³/mol. The summed E-state index contributed by atoms with van der Waals surface area (Å²) in [5, 5.41) is 9.05. The van der Waals surface area contributed by atoms with Crippen LogP contribution in [0.25, 0.3) is 0 Å². The lowest BCUT2D eigenvalue weighted by Gasteiger charge is -2.11. The summed E-state index contributed by atoms with van der Waals surface area (Å²) in [6.07, 6.45) is 0. The molecule has 2 rings (SSSR count). The first-order chi connectivity index (χ1) is 9.42. The van der Waals surface area contributed by atoms with Crippen LogP contribution in [0, 0.1) is 6.92 Å². The molecule has 2 aromatic rings. The standard InChI is InChI=1S/C14H13NO4S/c1-10-6-2-5-9-13(10)20(18,19)15-12-8-4-3-7-11(12)14(16)17/h2-9,15H,1H3,(H,16,17). The van der Waals surface area contributed by atoms with Crippen LogP contribution < -0.4 is 4.72 Å². The summed E-state index contributed by atoms with van der Waals surface area (Å²) in [5.74, 6) is -1.19. The Hall–Kier alpha value is -2.34. The number of aromatic carboxylic acids is 1. The molecule has 6 heteroatoms. The molecule has 0 amide bonds. The van der Waals surface area contributed by atoms with Crippen molar-refractivity contribution in [3.8, 4) is 0 Å². The van der Waals surface area contributed by atoms with Crippen molar-refractivity contribution in [2.24, 2.45) is 0 Å². The number of hydrogen-bond acceptors (Lipinski definition) is 3. The number of sulfonamides is 1. The van der Waals surface area contributed by atoms with E-state index in [2.05, 4.69) is 4.72 Å². The van der Waals surface area contributed by atoms with Gasteiger partial charge in [0, 0.05) is 0 Å². The van der Waals surface area contributed by atoms with Crippen LogP contribution in [0.5, 0.6) is 0 Å². The van der Waals surface area contributed by atoms with Crippen LogP contribution in [0.1, 0.15) is 15.9 Å². The summed E-state index contributed by atoms with van der Waals surface area (Å²) in [6, 6.07) is 12.4. The zero-order valence-corrected chi connectivity index (χ0v) is 11.5. The second-order valence-electron chi connectivity index (χ2n) is 4.22. The number of carboxylic acids is 1. The molecular formula is C14H13NO4S. The van der Waals surface area contributed by atoms with E-state index in [-0.39, 0.29) is 16.1 Å². The minimum absolute atomic E-state index is 0.0447. The lowest BCUT2D eigenvalue weighted by Crippen LogP contribution is -2.16. The van der Waals surface area contributed by atoms with E-state index in [1.54, 1.807) is 31.2 Å². The predicted octanol–water partition coefficient (Wildman–Crippen LogP) is 2.49. The van der Waals surface area contributed by atoms with Crippen molar-refractivity contribution in [3.05, 3.63) is 59.7 Å². The molecule has 0 unspecified atom stereocenters. The van der Waals surface area contributed by atoms with Crippen LogP contribution in [-0.2, 0) is 10.0 Å². The Kier molecular flexibility index (Phi) is 3.76. The monoisotopic (exact) mass is 291 g/mol. The molecule has 104 valence electrons. The summed E-state index contributed by atoms with van der Waals surface area (Å²) in [7, 11) is -3.81. The first-order valence-corrected chi connectivity index (χ1v) is 7.31. The molecule has 0 aliphatic heterocycles. The number of hydrogen-bond donors (Lipinski definition) is 2. The number of nitrogens with one attached hydrogen (secondary N) is 1. The lowest BCUT2D eigenvalue weighted by atomic mass is 10.2. The first-order valence-electron chi connectivity index (χ1n) is 5.82. The van der Waals surface area contributed by atoms with Gasteiger partial charge in [-0.3, -0.25) is 4.72 Å². The van der Waals surface area contributed by atoms with Gasteiger partial charge >= 0.3 is 5.97 Å². The van der Waals surface area contributed by atoms with Crippen LogP contribution in [0.4, 0.5) is 5.69 Å². The molecule has 5 nitrogen and oxygen atoms in total. The van der Waals surface area contributed by atoms with E-state index in [9.17, 15) is 13.2 Å². The number of rotatable bonds is 4. The normalized spacial score (nSPS) is 11.1. The Morgan fingerprint density at radius 3 is 2.30 bits per heavy atom. The molecule has 0 saturated carbocycles. The second kappa shape index (κ2) is 5.34. The topological polar surface area (TPSA) is 83.5 Å². The third kappa shape index (κ3) is 2.80. The SMILES string of the molecule is Cc1ccccc1S(=O)(=O)Nc1ccccc1C(=O)O. The van der Waals surface area contributed by atoms with E-state index in [1.165, 1.54) is 24.3 Å². The zero-order valence-electron chi connectivity index (χ0n) is 10.7. The Bertz CT molecular complexity index is 753. The fraction of sp³-hybridized carbons (Fsp3) is 0.0714. The smallest absolute Gasteiger partial charge is 0.337 e. The summed E-state index contributed by atoms with van der Waals surface area (Å²) in [5.41, 5.74) is 0.542. The summed E-state index contributed by atoms with van der Waals surface area (Å²) >= 11 is 0. The van der Waals surface area contributed by atoms with E-state index in [4.69, 9.17) is 5.11 Å². The zero-order chi connectivity index (χ0) is 14.8. The van der Waals surface area contributed by atoms with Crippen molar-refractivity contribution in [1.82, 2.24) is 0 Å².